The van der Waals surface area contributed by atoms with Crippen molar-refractivity contribution in [2.24, 2.45) is 11.1 Å². The molecule has 2 saturated carbocycles. The summed E-state index contributed by atoms with van der Waals surface area (Å²) in [6.45, 7) is 6.38. The van der Waals surface area contributed by atoms with Crippen LogP contribution in [-0.4, -0.2) is 17.7 Å². The highest BCUT2D eigenvalue weighted by Crippen LogP contribution is 2.57. The van der Waals surface area contributed by atoms with Crippen molar-refractivity contribution in [3.8, 4) is 0 Å². The highest BCUT2D eigenvalue weighted by atomic mass is 16.5. The quantitative estimate of drug-likeness (QED) is 0.675. The van der Waals surface area contributed by atoms with Gasteiger partial charge in [-0.15, -0.1) is 0 Å². The normalized spacial score (nSPS) is 36.9. The van der Waals surface area contributed by atoms with Gasteiger partial charge in [-0.2, -0.15) is 0 Å². The molecule has 2 rings (SSSR count). The first-order chi connectivity index (χ1) is 5.94. The summed E-state index contributed by atoms with van der Waals surface area (Å²) >= 11 is 0. The lowest BCUT2D eigenvalue weighted by molar-refractivity contribution is -0.207. The van der Waals surface area contributed by atoms with Crippen LogP contribution in [0, 0.1) is 5.41 Å². The summed E-state index contributed by atoms with van der Waals surface area (Å²) in [5, 5.41) is 0. The Labute approximate surface area is 80.8 Å². The van der Waals surface area contributed by atoms with Gasteiger partial charge in [0.25, 0.3) is 0 Å². The average molecular weight is 183 g/mol. The molecule has 1 spiro atoms. The minimum absolute atomic E-state index is 0.00655. The van der Waals surface area contributed by atoms with E-state index in [-0.39, 0.29) is 5.60 Å². The van der Waals surface area contributed by atoms with E-state index in [2.05, 4.69) is 20.8 Å². The molecule has 2 aliphatic carbocycles. The highest BCUT2D eigenvalue weighted by Gasteiger charge is 2.58. The molecule has 0 bridgehead atoms. The van der Waals surface area contributed by atoms with E-state index >= 15 is 0 Å². The number of rotatable bonds is 1. The molecule has 0 aromatic rings. The van der Waals surface area contributed by atoms with Crippen LogP contribution in [0.15, 0.2) is 0 Å². The summed E-state index contributed by atoms with van der Waals surface area (Å²) in [7, 11) is 0. The number of hydrogen-bond acceptors (Lipinski definition) is 2. The largest absolute Gasteiger partial charge is 0.372 e. The number of hydrogen-bond donors (Lipinski definition) is 1. The Balaban J connectivity index is 1.96. The van der Waals surface area contributed by atoms with Crippen LogP contribution < -0.4 is 5.73 Å². The molecule has 0 aromatic carbocycles. The third-order valence-electron chi connectivity index (χ3n) is 3.63. The zero-order chi connectivity index (χ0) is 9.69. The van der Waals surface area contributed by atoms with Crippen LogP contribution >= 0.6 is 0 Å². The van der Waals surface area contributed by atoms with Gasteiger partial charge in [-0.3, -0.25) is 0 Å². The van der Waals surface area contributed by atoms with Crippen LogP contribution in [-0.2, 0) is 4.74 Å². The van der Waals surface area contributed by atoms with Crippen molar-refractivity contribution in [1.29, 1.82) is 0 Å². The molecule has 2 nitrogen and oxygen atoms in total. The van der Waals surface area contributed by atoms with E-state index in [4.69, 9.17) is 10.5 Å². The average Bonchev–Trinajstić information content (AvgIpc) is 1.78. The van der Waals surface area contributed by atoms with Crippen molar-refractivity contribution in [3.63, 3.8) is 0 Å². The van der Waals surface area contributed by atoms with Gasteiger partial charge in [-0.25, -0.2) is 0 Å². The Morgan fingerprint density at radius 2 is 1.92 bits per heavy atom. The van der Waals surface area contributed by atoms with Crippen LogP contribution in [0.3, 0.4) is 0 Å². The van der Waals surface area contributed by atoms with Gasteiger partial charge in [0, 0.05) is 11.5 Å². The van der Waals surface area contributed by atoms with Crippen LogP contribution in [0.5, 0.6) is 0 Å². The molecule has 0 aliphatic heterocycles. The molecule has 13 heavy (non-hydrogen) atoms. The van der Waals surface area contributed by atoms with Crippen molar-refractivity contribution in [3.05, 3.63) is 0 Å². The fourth-order valence-electron chi connectivity index (χ4n) is 2.65. The van der Waals surface area contributed by atoms with Gasteiger partial charge in [0.1, 0.15) is 0 Å². The molecule has 2 N–H and O–H groups in total. The van der Waals surface area contributed by atoms with Crippen LogP contribution in [0.1, 0.15) is 46.5 Å². The Morgan fingerprint density at radius 1 is 1.31 bits per heavy atom. The van der Waals surface area contributed by atoms with E-state index in [9.17, 15) is 0 Å². The van der Waals surface area contributed by atoms with Gasteiger partial charge >= 0.3 is 0 Å². The summed E-state index contributed by atoms with van der Waals surface area (Å²) in [6.07, 6.45) is 5.43. The second kappa shape index (κ2) is 2.71. The fraction of sp³-hybridized carbons (Fsp3) is 1.00. The van der Waals surface area contributed by atoms with E-state index in [1.807, 2.05) is 0 Å². The molecule has 76 valence electrons. The standard InChI is InChI=1S/C11H21NO/c1-10(2,3)13-9-7-8(12)11(9)5-4-6-11/h8-9H,4-7,12H2,1-3H3/t8-,9+/m1/s1. The lowest BCUT2D eigenvalue weighted by atomic mass is 9.51. The van der Waals surface area contributed by atoms with Crippen molar-refractivity contribution in [2.75, 3.05) is 0 Å². The van der Waals surface area contributed by atoms with Crippen molar-refractivity contribution < 1.29 is 4.74 Å². The van der Waals surface area contributed by atoms with Gasteiger partial charge < -0.3 is 10.5 Å². The molecule has 2 aliphatic rings. The first kappa shape index (κ1) is 9.47. The van der Waals surface area contributed by atoms with Crippen molar-refractivity contribution in [1.82, 2.24) is 0 Å². The second-order valence-electron chi connectivity index (χ2n) is 5.65. The van der Waals surface area contributed by atoms with E-state index in [0.29, 0.717) is 17.6 Å². The minimum atomic E-state index is -0.00655. The van der Waals surface area contributed by atoms with E-state index in [1.165, 1.54) is 19.3 Å². The molecular weight excluding hydrogens is 162 g/mol. The predicted octanol–water partition coefficient (Wildman–Crippen LogP) is 2.07. The topological polar surface area (TPSA) is 35.2 Å². The maximum Gasteiger partial charge on any atom is 0.0668 e. The molecule has 0 amide bonds. The Bertz CT molecular complexity index is 203. The fourth-order valence-corrected chi connectivity index (χ4v) is 2.65. The lowest BCUT2D eigenvalue weighted by Gasteiger charge is -2.61. The minimum Gasteiger partial charge on any atom is -0.372 e. The van der Waals surface area contributed by atoms with Gasteiger partial charge in [0.15, 0.2) is 0 Å². The van der Waals surface area contributed by atoms with Gasteiger partial charge in [0.05, 0.1) is 11.7 Å². The van der Waals surface area contributed by atoms with E-state index in [0.717, 1.165) is 6.42 Å². The van der Waals surface area contributed by atoms with Crippen molar-refractivity contribution in [2.45, 2.75) is 64.2 Å². The maximum absolute atomic E-state index is 6.05. The Kier molecular flexibility index (Phi) is 1.97. The molecular formula is C11H21NO. The summed E-state index contributed by atoms with van der Waals surface area (Å²) < 4.78 is 6.02. The second-order valence-corrected chi connectivity index (χ2v) is 5.65. The Morgan fingerprint density at radius 3 is 2.23 bits per heavy atom. The molecule has 2 heteroatoms. The summed E-state index contributed by atoms with van der Waals surface area (Å²) in [5.41, 5.74) is 6.42. The smallest absolute Gasteiger partial charge is 0.0668 e. The van der Waals surface area contributed by atoms with Gasteiger partial charge in [0.2, 0.25) is 0 Å². The van der Waals surface area contributed by atoms with Gasteiger partial charge in [-0.05, 0) is 40.0 Å². The van der Waals surface area contributed by atoms with Crippen molar-refractivity contribution >= 4 is 0 Å². The molecule has 0 radical (unpaired) electrons. The molecule has 2 fully saturated rings. The Hall–Kier alpha value is -0.0800. The van der Waals surface area contributed by atoms with Crippen LogP contribution in [0.2, 0.25) is 0 Å². The summed E-state index contributed by atoms with van der Waals surface area (Å²) in [5.74, 6) is 0. The number of nitrogens with two attached hydrogens (primary N) is 1. The third kappa shape index (κ3) is 1.40. The maximum atomic E-state index is 6.05. The number of ether oxygens (including phenoxy) is 1. The van der Waals surface area contributed by atoms with Crippen LogP contribution in [0.25, 0.3) is 0 Å². The van der Waals surface area contributed by atoms with Crippen LogP contribution in [0.4, 0.5) is 0 Å². The molecule has 0 aromatic heterocycles. The van der Waals surface area contributed by atoms with E-state index < -0.39 is 0 Å². The summed E-state index contributed by atoms with van der Waals surface area (Å²) in [4.78, 5) is 0. The summed E-state index contributed by atoms with van der Waals surface area (Å²) in [6, 6.07) is 0.411. The monoisotopic (exact) mass is 183 g/mol. The first-order valence-electron chi connectivity index (χ1n) is 5.37. The molecule has 2 atom stereocenters. The third-order valence-corrected chi connectivity index (χ3v) is 3.63. The molecule has 0 unspecified atom stereocenters. The zero-order valence-corrected chi connectivity index (χ0v) is 8.97. The SMILES string of the molecule is CC(C)(C)O[C@H]1C[C@@H](N)C12CCC2. The highest BCUT2D eigenvalue weighted by molar-refractivity contribution is 5.11. The zero-order valence-electron chi connectivity index (χ0n) is 8.97. The molecule has 0 heterocycles. The van der Waals surface area contributed by atoms with E-state index in [1.54, 1.807) is 0 Å². The first-order valence-corrected chi connectivity index (χ1v) is 5.37. The lowest BCUT2D eigenvalue weighted by Crippen LogP contribution is -2.66. The van der Waals surface area contributed by atoms with Gasteiger partial charge in [-0.1, -0.05) is 6.42 Å². The predicted molar refractivity (Wildman–Crippen MR) is 53.5 cm³/mol. The molecule has 0 saturated heterocycles.